The van der Waals surface area contributed by atoms with Crippen LogP contribution in [0.5, 0.6) is 0 Å². The van der Waals surface area contributed by atoms with E-state index in [4.69, 9.17) is 0 Å². The largest absolute Gasteiger partial charge is 0.373 e. The zero-order chi connectivity index (χ0) is 11.4. The topological polar surface area (TPSA) is 58.6 Å². The molecule has 0 amide bonds. The van der Waals surface area contributed by atoms with Gasteiger partial charge in [0.25, 0.3) is 0 Å². The smallest absolute Gasteiger partial charge is 0.351 e. The molecule has 0 aliphatic heterocycles. The van der Waals surface area contributed by atoms with E-state index in [1.54, 1.807) is 13.8 Å². The fraction of sp³-hybridized carbons (Fsp3) is 0.700. The van der Waals surface area contributed by atoms with Gasteiger partial charge in [-0.15, -0.1) is 17.9 Å². The number of nitrogens with one attached hydrogen (secondary N) is 1. The van der Waals surface area contributed by atoms with E-state index in [-0.39, 0.29) is 23.9 Å². The molecule has 0 radical (unpaired) electrons. The van der Waals surface area contributed by atoms with Gasteiger partial charge in [-0.1, -0.05) is 20.4 Å². The molecule has 5 heteroatoms. The van der Waals surface area contributed by atoms with E-state index in [1.807, 2.05) is 13.8 Å². The number of hydrogen-bond donors (Lipinski definition) is 2. The average Bonchev–Trinajstić information content (AvgIpc) is 2.12. The Bertz CT molecular complexity index is 229. The van der Waals surface area contributed by atoms with E-state index in [2.05, 4.69) is 16.9 Å². The van der Waals surface area contributed by atoms with Crippen molar-refractivity contribution in [2.24, 2.45) is 5.92 Å². The van der Waals surface area contributed by atoms with Crippen LogP contribution < -0.4 is 5.48 Å². The molecule has 2 unspecified atom stereocenters. The van der Waals surface area contributed by atoms with Gasteiger partial charge in [-0.3, -0.25) is 0 Å². The molecule has 2 N–H and O–H groups in total. The summed E-state index contributed by atoms with van der Waals surface area (Å²) in [7, 11) is 0. The minimum absolute atomic E-state index is 0. The maximum atomic E-state index is 11.0. The van der Waals surface area contributed by atoms with Crippen LogP contribution in [0.2, 0.25) is 0 Å². The van der Waals surface area contributed by atoms with Gasteiger partial charge >= 0.3 is 5.97 Å². The Morgan fingerprint density at radius 2 is 2.13 bits per heavy atom. The van der Waals surface area contributed by atoms with Crippen LogP contribution in [-0.4, -0.2) is 16.8 Å². The molecule has 0 rings (SSSR count). The van der Waals surface area contributed by atoms with Crippen molar-refractivity contribution in [3.63, 3.8) is 0 Å². The van der Waals surface area contributed by atoms with Crippen LogP contribution in [0.15, 0.2) is 12.2 Å². The monoisotopic (exact) mass is 237 g/mol. The highest BCUT2D eigenvalue weighted by molar-refractivity contribution is 5.86. The Hall–Kier alpha value is -0.580. The van der Waals surface area contributed by atoms with E-state index in [9.17, 15) is 9.90 Å². The van der Waals surface area contributed by atoms with Crippen molar-refractivity contribution < 1.29 is 14.7 Å². The lowest BCUT2D eigenvalue weighted by atomic mass is 9.98. The summed E-state index contributed by atoms with van der Waals surface area (Å²) in [5.41, 5.74) is 1.42. The Balaban J connectivity index is 0. The summed E-state index contributed by atoms with van der Waals surface area (Å²) in [6.07, 6.45) is 0.782. The molecule has 0 aliphatic rings. The molecule has 0 aliphatic carbocycles. The van der Waals surface area contributed by atoms with Crippen molar-refractivity contribution in [3.8, 4) is 0 Å². The van der Waals surface area contributed by atoms with Crippen molar-refractivity contribution in [3.05, 3.63) is 12.2 Å². The average molecular weight is 238 g/mol. The van der Waals surface area contributed by atoms with Crippen molar-refractivity contribution in [1.29, 1.82) is 0 Å². The Morgan fingerprint density at radius 3 is 2.47 bits per heavy atom. The third kappa shape index (κ3) is 5.77. The second-order valence-electron chi connectivity index (χ2n) is 3.73. The van der Waals surface area contributed by atoms with Gasteiger partial charge in [-0.05, 0) is 20.3 Å². The number of halogens is 1. The van der Waals surface area contributed by atoms with Crippen LogP contribution in [0, 0.1) is 5.92 Å². The lowest BCUT2D eigenvalue weighted by molar-refractivity contribution is -0.174. The maximum Gasteiger partial charge on any atom is 0.351 e. The first kappa shape index (κ1) is 16.8. The second-order valence-corrected chi connectivity index (χ2v) is 3.73. The van der Waals surface area contributed by atoms with E-state index in [0.29, 0.717) is 0 Å². The Morgan fingerprint density at radius 1 is 1.67 bits per heavy atom. The van der Waals surface area contributed by atoms with Crippen molar-refractivity contribution >= 4 is 18.4 Å². The lowest BCUT2D eigenvalue weighted by Gasteiger charge is -2.29. The van der Waals surface area contributed by atoms with Crippen molar-refractivity contribution in [2.45, 2.75) is 39.8 Å². The number of hydrogen-bond acceptors (Lipinski definition) is 4. The standard InChI is InChI=1S/C10H19NO3.ClH/c1-6-8(4)10(5,13)11-14-9(12)7(2)3;/h8,11,13H,2,6H2,1,3-5H3;1H. The van der Waals surface area contributed by atoms with Crippen molar-refractivity contribution in [1.82, 2.24) is 5.48 Å². The van der Waals surface area contributed by atoms with E-state index in [0.717, 1.165) is 6.42 Å². The fourth-order valence-electron chi connectivity index (χ4n) is 0.735. The van der Waals surface area contributed by atoms with Gasteiger partial charge in [0.2, 0.25) is 0 Å². The Kier molecular flexibility index (Phi) is 7.66. The van der Waals surface area contributed by atoms with Crippen LogP contribution in [-0.2, 0) is 9.63 Å². The quantitative estimate of drug-likeness (QED) is 0.435. The molecule has 15 heavy (non-hydrogen) atoms. The van der Waals surface area contributed by atoms with Crippen LogP contribution in [0.1, 0.15) is 34.1 Å². The molecule has 4 nitrogen and oxygen atoms in total. The molecule has 0 aromatic heterocycles. The number of rotatable bonds is 5. The molecule has 0 spiro atoms. The first-order valence-electron chi connectivity index (χ1n) is 4.67. The first-order valence-corrected chi connectivity index (χ1v) is 4.67. The third-order valence-corrected chi connectivity index (χ3v) is 2.27. The summed E-state index contributed by atoms with van der Waals surface area (Å²) in [5.74, 6) is -0.575. The van der Waals surface area contributed by atoms with Gasteiger partial charge in [-0.25, -0.2) is 4.79 Å². The van der Waals surface area contributed by atoms with Gasteiger partial charge < -0.3 is 9.94 Å². The fourth-order valence-corrected chi connectivity index (χ4v) is 0.735. The lowest BCUT2D eigenvalue weighted by Crippen LogP contribution is -2.48. The van der Waals surface area contributed by atoms with Crippen LogP contribution >= 0.6 is 12.4 Å². The highest BCUT2D eigenvalue weighted by Crippen LogP contribution is 2.16. The van der Waals surface area contributed by atoms with Gasteiger partial charge in [0.15, 0.2) is 0 Å². The van der Waals surface area contributed by atoms with Crippen LogP contribution in [0.4, 0.5) is 0 Å². The predicted molar refractivity (Wildman–Crippen MR) is 61.4 cm³/mol. The van der Waals surface area contributed by atoms with Gasteiger partial charge in [0.1, 0.15) is 5.72 Å². The predicted octanol–water partition coefficient (Wildman–Crippen LogP) is 1.79. The molecule has 0 aromatic rings. The van der Waals surface area contributed by atoms with E-state index >= 15 is 0 Å². The molecule has 0 bridgehead atoms. The molecule has 90 valence electrons. The van der Waals surface area contributed by atoms with Crippen LogP contribution in [0.25, 0.3) is 0 Å². The normalized spacial score (nSPS) is 15.8. The van der Waals surface area contributed by atoms with Gasteiger partial charge in [0.05, 0.1) is 0 Å². The molecule has 0 fully saturated rings. The third-order valence-electron chi connectivity index (χ3n) is 2.27. The first-order chi connectivity index (χ1) is 6.31. The molecule has 0 heterocycles. The number of carbonyl (C=O) groups is 1. The summed E-state index contributed by atoms with van der Waals surface area (Å²) in [6.45, 7) is 10.3. The minimum Gasteiger partial charge on any atom is -0.373 e. The number of hydroxylamine groups is 1. The second kappa shape index (κ2) is 6.82. The number of carbonyl (C=O) groups excluding carboxylic acids is 1. The van der Waals surface area contributed by atoms with Crippen LogP contribution in [0.3, 0.4) is 0 Å². The highest BCUT2D eigenvalue weighted by Gasteiger charge is 2.28. The summed E-state index contributed by atoms with van der Waals surface area (Å²) in [6, 6.07) is 0. The van der Waals surface area contributed by atoms with Crippen molar-refractivity contribution in [2.75, 3.05) is 0 Å². The minimum atomic E-state index is -1.21. The molecule has 0 saturated carbocycles. The molecular formula is C10H20ClNO3. The SMILES string of the molecule is C=C(C)C(=O)ONC(C)(O)C(C)CC.Cl. The van der Waals surface area contributed by atoms with Gasteiger partial charge in [0, 0.05) is 11.5 Å². The summed E-state index contributed by atoms with van der Waals surface area (Å²) < 4.78 is 0. The molecule has 0 saturated heterocycles. The summed E-state index contributed by atoms with van der Waals surface area (Å²) in [5, 5.41) is 9.80. The van der Waals surface area contributed by atoms with E-state index < -0.39 is 11.7 Å². The Labute approximate surface area is 97.1 Å². The number of aliphatic hydroxyl groups is 1. The zero-order valence-corrected chi connectivity index (χ0v) is 10.5. The summed E-state index contributed by atoms with van der Waals surface area (Å²) >= 11 is 0. The maximum absolute atomic E-state index is 11.0. The zero-order valence-electron chi connectivity index (χ0n) is 9.66. The molecule has 2 atom stereocenters. The molecule has 0 aromatic carbocycles. The highest BCUT2D eigenvalue weighted by atomic mass is 35.5. The molecular weight excluding hydrogens is 218 g/mol. The van der Waals surface area contributed by atoms with E-state index in [1.165, 1.54) is 0 Å². The summed E-state index contributed by atoms with van der Waals surface area (Å²) in [4.78, 5) is 15.7. The van der Waals surface area contributed by atoms with Gasteiger partial charge in [-0.2, -0.15) is 0 Å².